The summed E-state index contributed by atoms with van der Waals surface area (Å²) in [5.74, 6) is -0.226. The third-order valence-corrected chi connectivity index (χ3v) is 4.61. The Hall–Kier alpha value is -0.950. The van der Waals surface area contributed by atoms with E-state index >= 15 is 0 Å². The molecule has 1 aliphatic heterocycles. The molecule has 1 aromatic rings. The number of hydrogen-bond acceptors (Lipinski definition) is 4. The zero-order valence-corrected chi connectivity index (χ0v) is 9.58. The Balaban J connectivity index is 2.17. The molecule has 0 aliphatic carbocycles. The summed E-state index contributed by atoms with van der Waals surface area (Å²) in [6.45, 7) is 0.108. The first-order valence-electron chi connectivity index (χ1n) is 5.16. The Bertz CT molecular complexity index is 469. The van der Waals surface area contributed by atoms with Gasteiger partial charge in [0.05, 0.1) is 23.7 Å². The van der Waals surface area contributed by atoms with Gasteiger partial charge in [0.25, 0.3) is 0 Å². The Kier molecular flexibility index (Phi) is 2.98. The van der Waals surface area contributed by atoms with Crippen molar-refractivity contribution in [1.29, 1.82) is 0 Å². The SMILES string of the molecule is NCc1cnn(C2CCS(=O)(=O)CC2)c1F. The maximum Gasteiger partial charge on any atom is 0.216 e. The van der Waals surface area contributed by atoms with E-state index in [9.17, 15) is 12.8 Å². The number of nitrogens with two attached hydrogens (primary N) is 1. The number of hydrogen-bond donors (Lipinski definition) is 1. The molecule has 0 unspecified atom stereocenters. The van der Waals surface area contributed by atoms with E-state index in [1.807, 2.05) is 0 Å². The monoisotopic (exact) mass is 247 g/mol. The average molecular weight is 247 g/mol. The molecule has 2 heterocycles. The predicted octanol–water partition coefficient (Wildman–Crippen LogP) is 0.231. The molecule has 16 heavy (non-hydrogen) atoms. The number of sulfone groups is 1. The van der Waals surface area contributed by atoms with Crippen molar-refractivity contribution < 1.29 is 12.8 Å². The molecule has 0 spiro atoms. The molecule has 2 rings (SSSR count). The summed E-state index contributed by atoms with van der Waals surface area (Å²) in [5, 5.41) is 3.92. The van der Waals surface area contributed by atoms with Crippen molar-refractivity contribution in [1.82, 2.24) is 9.78 Å². The second-order valence-corrected chi connectivity index (χ2v) is 6.30. The van der Waals surface area contributed by atoms with E-state index < -0.39 is 15.8 Å². The topological polar surface area (TPSA) is 78.0 Å². The fourth-order valence-corrected chi connectivity index (χ4v) is 3.36. The first-order valence-corrected chi connectivity index (χ1v) is 6.98. The van der Waals surface area contributed by atoms with Gasteiger partial charge in [0, 0.05) is 12.1 Å². The van der Waals surface area contributed by atoms with Crippen molar-refractivity contribution >= 4 is 9.84 Å². The van der Waals surface area contributed by atoms with Gasteiger partial charge in [0.15, 0.2) is 0 Å². The third-order valence-electron chi connectivity index (χ3n) is 2.89. The van der Waals surface area contributed by atoms with Crippen LogP contribution in [0.4, 0.5) is 4.39 Å². The van der Waals surface area contributed by atoms with Crippen molar-refractivity contribution in [3.63, 3.8) is 0 Å². The highest BCUT2D eigenvalue weighted by atomic mass is 32.2. The zero-order valence-electron chi connectivity index (χ0n) is 8.76. The smallest absolute Gasteiger partial charge is 0.216 e. The van der Waals surface area contributed by atoms with E-state index in [1.54, 1.807) is 0 Å². The second kappa shape index (κ2) is 4.14. The molecular weight excluding hydrogens is 233 g/mol. The van der Waals surface area contributed by atoms with Crippen molar-refractivity contribution in [3.8, 4) is 0 Å². The lowest BCUT2D eigenvalue weighted by atomic mass is 10.1. The van der Waals surface area contributed by atoms with Crippen LogP contribution < -0.4 is 5.73 Å². The molecule has 1 saturated heterocycles. The van der Waals surface area contributed by atoms with Gasteiger partial charge in [0.2, 0.25) is 5.95 Å². The van der Waals surface area contributed by atoms with E-state index in [0.717, 1.165) is 0 Å². The van der Waals surface area contributed by atoms with Gasteiger partial charge in [-0.15, -0.1) is 0 Å². The summed E-state index contributed by atoms with van der Waals surface area (Å²) >= 11 is 0. The lowest BCUT2D eigenvalue weighted by molar-refractivity contribution is 0.349. The van der Waals surface area contributed by atoms with Crippen LogP contribution in [-0.2, 0) is 16.4 Å². The van der Waals surface area contributed by atoms with E-state index in [4.69, 9.17) is 5.73 Å². The van der Waals surface area contributed by atoms with Crippen molar-refractivity contribution in [3.05, 3.63) is 17.7 Å². The van der Waals surface area contributed by atoms with Crippen LogP contribution in [0, 0.1) is 5.95 Å². The van der Waals surface area contributed by atoms with Crippen LogP contribution in [-0.4, -0.2) is 29.7 Å². The third kappa shape index (κ3) is 2.10. The first kappa shape index (κ1) is 11.5. The van der Waals surface area contributed by atoms with E-state index in [1.165, 1.54) is 10.9 Å². The molecule has 0 atom stereocenters. The lowest BCUT2D eigenvalue weighted by Crippen LogP contribution is -2.27. The highest BCUT2D eigenvalue weighted by Gasteiger charge is 2.27. The van der Waals surface area contributed by atoms with Crippen LogP contribution in [0.25, 0.3) is 0 Å². The van der Waals surface area contributed by atoms with E-state index in [-0.39, 0.29) is 24.1 Å². The maximum absolute atomic E-state index is 13.7. The molecule has 0 radical (unpaired) electrons. The maximum atomic E-state index is 13.7. The Morgan fingerprint density at radius 1 is 1.50 bits per heavy atom. The number of rotatable bonds is 2. The summed E-state index contributed by atoms with van der Waals surface area (Å²) in [5.41, 5.74) is 5.72. The quantitative estimate of drug-likeness (QED) is 0.811. The van der Waals surface area contributed by atoms with Crippen LogP contribution in [0.2, 0.25) is 0 Å². The normalized spacial score (nSPS) is 21.1. The summed E-state index contributed by atoms with van der Waals surface area (Å²) in [4.78, 5) is 0. The fourth-order valence-electron chi connectivity index (χ4n) is 1.90. The lowest BCUT2D eigenvalue weighted by Gasteiger charge is -2.22. The molecule has 5 nitrogen and oxygen atoms in total. The summed E-state index contributed by atoms with van der Waals surface area (Å²) in [6.07, 6.45) is 2.24. The van der Waals surface area contributed by atoms with Crippen molar-refractivity contribution in [2.45, 2.75) is 25.4 Å². The van der Waals surface area contributed by atoms with Gasteiger partial charge in [-0.25, -0.2) is 13.1 Å². The van der Waals surface area contributed by atoms with E-state index in [2.05, 4.69) is 5.10 Å². The molecule has 90 valence electrons. The van der Waals surface area contributed by atoms with Crippen molar-refractivity contribution in [2.24, 2.45) is 5.73 Å². The van der Waals surface area contributed by atoms with Crippen molar-refractivity contribution in [2.75, 3.05) is 11.5 Å². The standard InChI is InChI=1S/C9H14FN3O2S/c10-9-7(5-11)6-12-13(9)8-1-3-16(14,15)4-2-8/h6,8H,1-5,11H2. The van der Waals surface area contributed by atoms with Gasteiger partial charge in [-0.1, -0.05) is 0 Å². The van der Waals surface area contributed by atoms with Crippen LogP contribution >= 0.6 is 0 Å². The molecule has 0 aromatic carbocycles. The Morgan fingerprint density at radius 2 is 2.12 bits per heavy atom. The van der Waals surface area contributed by atoms with Gasteiger partial charge in [0.1, 0.15) is 9.84 Å². The molecule has 0 bridgehead atoms. The molecule has 7 heteroatoms. The van der Waals surface area contributed by atoms with Crippen LogP contribution in [0.15, 0.2) is 6.20 Å². The molecule has 0 saturated carbocycles. The first-order chi connectivity index (χ1) is 7.53. The number of halogens is 1. The predicted molar refractivity (Wildman–Crippen MR) is 57.0 cm³/mol. The van der Waals surface area contributed by atoms with E-state index in [0.29, 0.717) is 18.4 Å². The second-order valence-electron chi connectivity index (χ2n) is 3.99. The molecular formula is C9H14FN3O2S. The summed E-state index contributed by atoms with van der Waals surface area (Å²) in [6, 6.07) is -0.163. The zero-order chi connectivity index (χ0) is 11.8. The fraction of sp³-hybridized carbons (Fsp3) is 0.667. The minimum absolute atomic E-state index is 0.106. The molecule has 0 amide bonds. The van der Waals surface area contributed by atoms with Crippen LogP contribution in [0.1, 0.15) is 24.4 Å². The Labute approximate surface area is 93.4 Å². The van der Waals surface area contributed by atoms with Gasteiger partial charge in [-0.3, -0.25) is 0 Å². The van der Waals surface area contributed by atoms with Gasteiger partial charge < -0.3 is 5.73 Å². The van der Waals surface area contributed by atoms with Gasteiger partial charge in [-0.05, 0) is 12.8 Å². The molecule has 2 N–H and O–H groups in total. The molecule has 1 fully saturated rings. The largest absolute Gasteiger partial charge is 0.326 e. The highest BCUT2D eigenvalue weighted by Crippen LogP contribution is 2.25. The van der Waals surface area contributed by atoms with Crippen LogP contribution in [0.5, 0.6) is 0 Å². The van der Waals surface area contributed by atoms with Crippen LogP contribution in [0.3, 0.4) is 0 Å². The van der Waals surface area contributed by atoms with Gasteiger partial charge >= 0.3 is 0 Å². The van der Waals surface area contributed by atoms with Gasteiger partial charge in [-0.2, -0.15) is 9.49 Å². The minimum Gasteiger partial charge on any atom is -0.326 e. The molecule has 1 aromatic heterocycles. The molecule has 1 aliphatic rings. The highest BCUT2D eigenvalue weighted by molar-refractivity contribution is 7.91. The minimum atomic E-state index is -2.92. The Morgan fingerprint density at radius 3 is 2.62 bits per heavy atom. The number of aromatic nitrogens is 2. The summed E-state index contributed by atoms with van der Waals surface area (Å²) in [7, 11) is -2.92. The number of nitrogens with zero attached hydrogens (tertiary/aromatic N) is 2. The average Bonchev–Trinajstić information content (AvgIpc) is 2.60. The summed E-state index contributed by atoms with van der Waals surface area (Å²) < 4.78 is 37.4.